The first-order valence-corrected chi connectivity index (χ1v) is 9.19. The Morgan fingerprint density at radius 3 is 2.95 bits per heavy atom. The number of fused-ring (bicyclic) bond motifs is 1. The molecule has 2 fully saturated rings. The van der Waals surface area contributed by atoms with Gasteiger partial charge in [0.25, 0.3) is 0 Å². The van der Waals surface area contributed by atoms with Crippen molar-refractivity contribution in [1.82, 2.24) is 5.32 Å². The highest BCUT2D eigenvalue weighted by atomic mass is 32.2. The van der Waals surface area contributed by atoms with Gasteiger partial charge in [-0.1, -0.05) is 18.2 Å². The monoisotopic (exact) mass is 303 g/mol. The van der Waals surface area contributed by atoms with E-state index in [0.29, 0.717) is 11.5 Å². The molecule has 1 saturated carbocycles. The minimum Gasteiger partial charge on any atom is -0.377 e. The number of benzene rings is 1. The van der Waals surface area contributed by atoms with Crippen LogP contribution in [0, 0.1) is 11.3 Å². The van der Waals surface area contributed by atoms with Crippen LogP contribution in [0.1, 0.15) is 31.2 Å². The van der Waals surface area contributed by atoms with Gasteiger partial charge >= 0.3 is 0 Å². The molecule has 0 aromatic heterocycles. The number of hydrogen-bond acceptors (Lipinski definition) is 3. The molecule has 3 aliphatic rings. The molecule has 1 aromatic carbocycles. The highest BCUT2D eigenvalue weighted by molar-refractivity contribution is 8.00. The van der Waals surface area contributed by atoms with E-state index < -0.39 is 0 Å². The van der Waals surface area contributed by atoms with Gasteiger partial charge in [0, 0.05) is 28.7 Å². The quantitative estimate of drug-likeness (QED) is 0.899. The Kier molecular flexibility index (Phi) is 3.76. The standard InChI is InChI=1S/C18H25NOS/c1-19-12-18(8-9-20-17(18)13-6-7-13)11-15-10-14-4-2-3-5-16(14)21-15/h2-5,13,15,17,19H,6-12H2,1H3. The van der Waals surface area contributed by atoms with Crippen molar-refractivity contribution in [3.05, 3.63) is 29.8 Å². The van der Waals surface area contributed by atoms with Crippen LogP contribution < -0.4 is 5.32 Å². The molecule has 1 aliphatic carbocycles. The van der Waals surface area contributed by atoms with Crippen molar-refractivity contribution in [3.8, 4) is 0 Å². The number of thioether (sulfide) groups is 1. The highest BCUT2D eigenvalue weighted by Crippen LogP contribution is 2.52. The minimum atomic E-state index is 0.371. The van der Waals surface area contributed by atoms with E-state index in [-0.39, 0.29) is 0 Å². The van der Waals surface area contributed by atoms with Gasteiger partial charge in [0.2, 0.25) is 0 Å². The van der Waals surface area contributed by atoms with E-state index in [1.165, 1.54) is 37.0 Å². The lowest BCUT2D eigenvalue weighted by Crippen LogP contribution is -2.42. The van der Waals surface area contributed by atoms with Gasteiger partial charge in [-0.05, 0) is 56.7 Å². The zero-order valence-electron chi connectivity index (χ0n) is 12.8. The van der Waals surface area contributed by atoms with Gasteiger partial charge in [0.15, 0.2) is 0 Å². The molecule has 1 aromatic rings. The first-order valence-electron chi connectivity index (χ1n) is 8.31. The summed E-state index contributed by atoms with van der Waals surface area (Å²) in [5.41, 5.74) is 1.92. The van der Waals surface area contributed by atoms with Crippen LogP contribution in [0.5, 0.6) is 0 Å². The number of rotatable bonds is 5. The van der Waals surface area contributed by atoms with Crippen LogP contribution in [-0.4, -0.2) is 31.6 Å². The summed E-state index contributed by atoms with van der Waals surface area (Å²) in [5.74, 6) is 0.842. The number of nitrogens with one attached hydrogen (secondary N) is 1. The molecular formula is C18H25NOS. The van der Waals surface area contributed by atoms with Gasteiger partial charge in [-0.25, -0.2) is 0 Å². The molecule has 3 atom stereocenters. The normalized spacial score (nSPS) is 35.1. The fourth-order valence-corrected chi connectivity index (χ4v) is 5.89. The molecule has 0 spiro atoms. The van der Waals surface area contributed by atoms with E-state index in [2.05, 4.69) is 48.4 Å². The Morgan fingerprint density at radius 2 is 2.19 bits per heavy atom. The Balaban J connectivity index is 1.51. The van der Waals surface area contributed by atoms with Gasteiger partial charge in [-0.3, -0.25) is 0 Å². The highest BCUT2D eigenvalue weighted by Gasteiger charge is 2.51. The summed E-state index contributed by atoms with van der Waals surface area (Å²) in [6.45, 7) is 2.08. The van der Waals surface area contributed by atoms with Crippen LogP contribution >= 0.6 is 11.8 Å². The smallest absolute Gasteiger partial charge is 0.0672 e. The van der Waals surface area contributed by atoms with Crippen molar-refractivity contribution < 1.29 is 4.74 Å². The van der Waals surface area contributed by atoms with Gasteiger partial charge in [0.1, 0.15) is 0 Å². The van der Waals surface area contributed by atoms with Crippen molar-refractivity contribution in [1.29, 1.82) is 0 Å². The van der Waals surface area contributed by atoms with E-state index in [4.69, 9.17) is 4.74 Å². The molecule has 1 saturated heterocycles. The van der Waals surface area contributed by atoms with Gasteiger partial charge in [-0.2, -0.15) is 0 Å². The fourth-order valence-electron chi connectivity index (χ4n) is 4.40. The van der Waals surface area contributed by atoms with Gasteiger partial charge < -0.3 is 10.1 Å². The predicted octanol–water partition coefficient (Wildman–Crippen LogP) is 3.50. The Bertz CT molecular complexity index is 491. The summed E-state index contributed by atoms with van der Waals surface area (Å²) < 4.78 is 6.18. The van der Waals surface area contributed by atoms with Crippen LogP contribution in [0.15, 0.2) is 29.2 Å². The Labute approximate surface area is 132 Å². The fraction of sp³-hybridized carbons (Fsp3) is 0.667. The van der Waals surface area contributed by atoms with Crippen LogP contribution in [0.2, 0.25) is 0 Å². The summed E-state index contributed by atoms with van der Waals surface area (Å²) >= 11 is 2.10. The summed E-state index contributed by atoms with van der Waals surface area (Å²) in [7, 11) is 2.10. The maximum atomic E-state index is 6.18. The third kappa shape index (κ3) is 2.64. The SMILES string of the molecule is CNCC1(CC2Cc3ccccc3S2)CCOC1C1CC1. The first-order chi connectivity index (χ1) is 10.3. The molecule has 2 aliphatic heterocycles. The molecule has 3 unspecified atom stereocenters. The molecule has 2 heterocycles. The average Bonchev–Trinajstić information content (AvgIpc) is 3.11. The Hall–Kier alpha value is -0.510. The molecular weight excluding hydrogens is 278 g/mol. The average molecular weight is 303 g/mol. The Morgan fingerprint density at radius 1 is 1.33 bits per heavy atom. The van der Waals surface area contributed by atoms with Crippen molar-refractivity contribution in [2.24, 2.45) is 11.3 Å². The lowest BCUT2D eigenvalue weighted by molar-refractivity contribution is 0.0273. The van der Waals surface area contributed by atoms with Crippen molar-refractivity contribution in [2.75, 3.05) is 20.2 Å². The summed E-state index contributed by atoms with van der Waals surface area (Å²) in [6, 6.07) is 8.94. The lowest BCUT2D eigenvalue weighted by Gasteiger charge is -2.36. The third-order valence-corrected chi connectivity index (χ3v) is 6.75. The second-order valence-electron chi connectivity index (χ2n) is 7.03. The molecule has 0 radical (unpaired) electrons. The maximum absolute atomic E-state index is 6.18. The van der Waals surface area contributed by atoms with Crippen LogP contribution in [-0.2, 0) is 11.2 Å². The second kappa shape index (κ2) is 5.60. The second-order valence-corrected chi connectivity index (χ2v) is 8.37. The molecule has 2 nitrogen and oxygen atoms in total. The van der Waals surface area contributed by atoms with Crippen molar-refractivity contribution in [2.45, 2.75) is 48.4 Å². The van der Waals surface area contributed by atoms with Crippen LogP contribution in [0.4, 0.5) is 0 Å². The van der Waals surface area contributed by atoms with Crippen LogP contribution in [0.3, 0.4) is 0 Å². The van der Waals surface area contributed by atoms with E-state index in [1.54, 1.807) is 5.56 Å². The van der Waals surface area contributed by atoms with Gasteiger partial charge in [-0.15, -0.1) is 11.8 Å². The largest absolute Gasteiger partial charge is 0.377 e. The zero-order valence-corrected chi connectivity index (χ0v) is 13.6. The number of hydrogen-bond donors (Lipinski definition) is 1. The van der Waals surface area contributed by atoms with E-state index in [9.17, 15) is 0 Å². The molecule has 4 rings (SSSR count). The third-order valence-electron chi connectivity index (χ3n) is 5.43. The summed E-state index contributed by atoms with van der Waals surface area (Å²) in [5, 5.41) is 4.20. The zero-order chi connectivity index (χ0) is 14.3. The van der Waals surface area contributed by atoms with Crippen LogP contribution in [0.25, 0.3) is 0 Å². The first kappa shape index (κ1) is 14.1. The molecule has 114 valence electrons. The predicted molar refractivity (Wildman–Crippen MR) is 87.8 cm³/mol. The lowest BCUT2D eigenvalue weighted by atomic mass is 9.74. The molecule has 3 heteroatoms. The molecule has 0 bridgehead atoms. The van der Waals surface area contributed by atoms with E-state index >= 15 is 0 Å². The topological polar surface area (TPSA) is 21.3 Å². The van der Waals surface area contributed by atoms with Gasteiger partial charge in [0.05, 0.1) is 6.10 Å². The number of ether oxygens (including phenoxy) is 1. The summed E-state index contributed by atoms with van der Waals surface area (Å²) in [6.07, 6.45) is 7.05. The molecule has 1 N–H and O–H groups in total. The molecule has 21 heavy (non-hydrogen) atoms. The van der Waals surface area contributed by atoms with Crippen molar-refractivity contribution in [3.63, 3.8) is 0 Å². The minimum absolute atomic E-state index is 0.371. The summed E-state index contributed by atoms with van der Waals surface area (Å²) in [4.78, 5) is 1.50. The van der Waals surface area contributed by atoms with E-state index in [1.807, 2.05) is 0 Å². The van der Waals surface area contributed by atoms with Crippen molar-refractivity contribution >= 4 is 11.8 Å². The maximum Gasteiger partial charge on any atom is 0.0672 e. The molecule has 0 amide bonds. The van der Waals surface area contributed by atoms with E-state index in [0.717, 1.165) is 24.3 Å².